The van der Waals surface area contributed by atoms with Crippen LogP contribution in [0, 0.1) is 28.6 Å². The lowest BCUT2D eigenvalue weighted by Crippen LogP contribution is -2.61. The number of aliphatic hydroxyl groups excluding tert-OH is 1. The van der Waals surface area contributed by atoms with Gasteiger partial charge in [-0.15, -0.1) is 0 Å². The average molecular weight is 358 g/mol. The monoisotopic (exact) mass is 358 g/mol. The van der Waals surface area contributed by atoms with Crippen molar-refractivity contribution < 1.29 is 19.8 Å². The van der Waals surface area contributed by atoms with Gasteiger partial charge in [0.25, 0.3) is 0 Å². The van der Waals surface area contributed by atoms with Crippen LogP contribution >= 0.6 is 0 Å². The number of rotatable bonds is 1. The third kappa shape index (κ3) is 2.03. The molecule has 4 rings (SSSR count). The highest BCUT2D eigenvalue weighted by molar-refractivity contribution is 6.05. The molecule has 26 heavy (non-hydrogen) atoms. The van der Waals surface area contributed by atoms with E-state index in [1.807, 2.05) is 13.8 Å². The number of fused-ring (bicyclic) bond motifs is 5. The molecule has 4 nitrogen and oxygen atoms in total. The van der Waals surface area contributed by atoms with Gasteiger partial charge < -0.3 is 10.2 Å². The molecule has 0 spiro atoms. The number of hydrogen-bond acceptors (Lipinski definition) is 4. The third-order valence-corrected chi connectivity index (χ3v) is 8.53. The summed E-state index contributed by atoms with van der Waals surface area (Å²) in [5, 5.41) is 22.4. The van der Waals surface area contributed by atoms with Crippen molar-refractivity contribution in [2.45, 2.75) is 71.5 Å². The largest absolute Gasteiger partial charge is 0.393 e. The van der Waals surface area contributed by atoms with E-state index in [-0.39, 0.29) is 34.7 Å². The third-order valence-electron chi connectivity index (χ3n) is 8.53. The first kappa shape index (κ1) is 18.1. The molecule has 1 unspecified atom stereocenters. The van der Waals surface area contributed by atoms with Gasteiger partial charge in [-0.05, 0) is 69.4 Å². The molecule has 4 aliphatic rings. The topological polar surface area (TPSA) is 74.6 Å². The maximum atomic E-state index is 12.3. The minimum Gasteiger partial charge on any atom is -0.393 e. The van der Waals surface area contributed by atoms with E-state index < -0.39 is 17.1 Å². The van der Waals surface area contributed by atoms with Crippen LogP contribution in [0.25, 0.3) is 0 Å². The zero-order chi connectivity index (χ0) is 19.1. The highest BCUT2D eigenvalue weighted by atomic mass is 16.3. The molecule has 0 aromatic rings. The van der Waals surface area contributed by atoms with Crippen LogP contribution in [0.15, 0.2) is 23.3 Å². The molecule has 7 atom stereocenters. The molecule has 0 saturated heterocycles. The molecule has 0 bridgehead atoms. The number of ketones is 2. The van der Waals surface area contributed by atoms with Gasteiger partial charge in [-0.25, -0.2) is 0 Å². The second-order valence-electron chi connectivity index (χ2n) is 9.62. The standard InChI is InChI=1S/C22H30O4/c1-12-10-20(3)14(9-17(12)24)5-6-15-16-7-8-22(26,13(2)23)21(16,4)11-18(25)19(15)20/h9-10,15-16,18-19,25-26H,5-8,11H2,1-4H3/t15-,16-,18?,19+,20-,21-,22-/m0/s1. The molecular formula is C22H30O4. The fraction of sp³-hybridized carbons (Fsp3) is 0.727. The normalized spacial score (nSPS) is 50.3. The van der Waals surface area contributed by atoms with Crippen molar-refractivity contribution in [3.8, 4) is 0 Å². The van der Waals surface area contributed by atoms with Crippen molar-refractivity contribution in [3.63, 3.8) is 0 Å². The van der Waals surface area contributed by atoms with Gasteiger partial charge >= 0.3 is 0 Å². The van der Waals surface area contributed by atoms with Crippen molar-refractivity contribution in [2.24, 2.45) is 28.6 Å². The first-order valence-corrected chi connectivity index (χ1v) is 9.91. The van der Waals surface area contributed by atoms with E-state index in [0.29, 0.717) is 12.8 Å². The van der Waals surface area contributed by atoms with Gasteiger partial charge in [-0.2, -0.15) is 0 Å². The van der Waals surface area contributed by atoms with Crippen LogP contribution < -0.4 is 0 Å². The summed E-state index contributed by atoms with van der Waals surface area (Å²) in [5.41, 5.74) is -0.311. The second kappa shape index (κ2) is 5.39. The molecule has 0 radical (unpaired) electrons. The van der Waals surface area contributed by atoms with Crippen molar-refractivity contribution in [3.05, 3.63) is 23.3 Å². The van der Waals surface area contributed by atoms with Crippen LogP contribution in [0.3, 0.4) is 0 Å². The van der Waals surface area contributed by atoms with Gasteiger partial charge in [0, 0.05) is 16.7 Å². The Bertz CT molecular complexity index is 749. The molecule has 2 N–H and O–H groups in total. The lowest BCUT2D eigenvalue weighted by atomic mass is 9.46. The molecule has 3 saturated carbocycles. The molecule has 3 fully saturated rings. The zero-order valence-electron chi connectivity index (χ0n) is 16.2. The van der Waals surface area contributed by atoms with E-state index in [2.05, 4.69) is 13.0 Å². The Labute approximate surface area is 155 Å². The van der Waals surface area contributed by atoms with Gasteiger partial charge in [0.05, 0.1) is 6.10 Å². The van der Waals surface area contributed by atoms with Crippen molar-refractivity contribution >= 4 is 11.6 Å². The van der Waals surface area contributed by atoms with Crippen molar-refractivity contribution in [1.29, 1.82) is 0 Å². The van der Waals surface area contributed by atoms with E-state index >= 15 is 0 Å². The smallest absolute Gasteiger partial charge is 0.181 e. The predicted molar refractivity (Wildman–Crippen MR) is 98.3 cm³/mol. The van der Waals surface area contributed by atoms with E-state index in [1.54, 1.807) is 6.08 Å². The number of hydrogen-bond donors (Lipinski definition) is 2. The van der Waals surface area contributed by atoms with Crippen LogP contribution in [0.2, 0.25) is 0 Å². The maximum absolute atomic E-state index is 12.3. The second-order valence-corrected chi connectivity index (χ2v) is 9.62. The summed E-state index contributed by atoms with van der Waals surface area (Å²) in [6, 6.07) is 0. The van der Waals surface area contributed by atoms with Gasteiger partial charge in [-0.1, -0.05) is 25.5 Å². The molecular weight excluding hydrogens is 328 g/mol. The number of Topliss-reactive ketones (excluding diaryl/α,β-unsaturated/α-hetero) is 1. The Kier molecular flexibility index (Phi) is 3.75. The van der Waals surface area contributed by atoms with Gasteiger partial charge in [0.1, 0.15) is 5.60 Å². The molecule has 0 aliphatic heterocycles. The van der Waals surface area contributed by atoms with E-state index in [4.69, 9.17) is 0 Å². The number of carbonyl (C=O) groups is 2. The molecule has 4 heteroatoms. The fourth-order valence-corrected chi connectivity index (χ4v) is 7.20. The van der Waals surface area contributed by atoms with Crippen LogP contribution in [0.5, 0.6) is 0 Å². The maximum Gasteiger partial charge on any atom is 0.181 e. The molecule has 0 amide bonds. The Morgan fingerprint density at radius 3 is 2.62 bits per heavy atom. The summed E-state index contributed by atoms with van der Waals surface area (Å²) in [6.07, 6.45) is 6.80. The lowest BCUT2D eigenvalue weighted by Gasteiger charge is -2.59. The minimum absolute atomic E-state index is 0.0398. The molecule has 142 valence electrons. The zero-order valence-corrected chi connectivity index (χ0v) is 16.2. The SMILES string of the molecule is CC(=O)[C@@]1(O)CC[C@H]2[C@@H]3CCC4=CC(=O)C(C)=C[C@]4(C)[C@H]3C(O)C[C@@]21C. The van der Waals surface area contributed by atoms with E-state index in [0.717, 1.165) is 30.4 Å². The summed E-state index contributed by atoms with van der Waals surface area (Å²) in [4.78, 5) is 24.4. The molecule has 0 aromatic heterocycles. The summed E-state index contributed by atoms with van der Waals surface area (Å²) in [7, 11) is 0. The van der Waals surface area contributed by atoms with Crippen LogP contribution in [0.1, 0.15) is 59.8 Å². The van der Waals surface area contributed by atoms with Crippen LogP contribution in [0.4, 0.5) is 0 Å². The predicted octanol–water partition coefficient (Wildman–Crippen LogP) is 2.98. The van der Waals surface area contributed by atoms with Crippen LogP contribution in [-0.4, -0.2) is 33.5 Å². The highest BCUT2D eigenvalue weighted by Crippen LogP contribution is 2.67. The van der Waals surface area contributed by atoms with Crippen molar-refractivity contribution in [1.82, 2.24) is 0 Å². The van der Waals surface area contributed by atoms with Gasteiger partial charge in [-0.3, -0.25) is 9.59 Å². The number of carbonyl (C=O) groups excluding carboxylic acids is 2. The molecule has 0 aromatic carbocycles. The van der Waals surface area contributed by atoms with Crippen molar-refractivity contribution in [2.75, 3.05) is 0 Å². The summed E-state index contributed by atoms with van der Waals surface area (Å²) < 4.78 is 0. The Balaban J connectivity index is 1.78. The Morgan fingerprint density at radius 2 is 1.96 bits per heavy atom. The van der Waals surface area contributed by atoms with Gasteiger partial charge in [0.2, 0.25) is 0 Å². The van der Waals surface area contributed by atoms with E-state index in [1.165, 1.54) is 6.92 Å². The summed E-state index contributed by atoms with van der Waals surface area (Å²) in [5.74, 6) is 0.441. The fourth-order valence-electron chi connectivity index (χ4n) is 7.20. The average Bonchev–Trinajstić information content (AvgIpc) is 2.81. The quantitative estimate of drug-likeness (QED) is 0.756. The van der Waals surface area contributed by atoms with Crippen LogP contribution in [-0.2, 0) is 9.59 Å². The van der Waals surface area contributed by atoms with Gasteiger partial charge in [0.15, 0.2) is 11.6 Å². The molecule has 4 aliphatic carbocycles. The number of aliphatic hydroxyl groups is 2. The lowest BCUT2D eigenvalue weighted by molar-refractivity contribution is -0.175. The first-order chi connectivity index (χ1) is 12.0. The highest BCUT2D eigenvalue weighted by Gasteiger charge is 2.67. The minimum atomic E-state index is -1.32. The van der Waals surface area contributed by atoms with E-state index in [9.17, 15) is 19.8 Å². The Morgan fingerprint density at radius 1 is 1.27 bits per heavy atom. The Hall–Kier alpha value is -1.26. The number of allylic oxidation sites excluding steroid dienone is 4. The summed E-state index contributed by atoms with van der Waals surface area (Å²) >= 11 is 0. The molecule has 0 heterocycles. The first-order valence-electron chi connectivity index (χ1n) is 9.91. The summed E-state index contributed by atoms with van der Waals surface area (Å²) in [6.45, 7) is 7.50.